The maximum Gasteiger partial charge on any atom is 0.0591 e. The largest absolute Gasteiger partial charge is 0.393 e. The standard InChI is InChI=1S/C27H48O2/c1-18(7-6-14-25(2,3)29)22-10-11-23-21-9-8-19-17-20(28)12-15-26(19,4)24(21)13-16-27(22,23)5/h18-24,28-29H,6-17H2,1-5H3/t18-,19-,20-,21+,22-,23+,24+,26+,27-/m1/s1. The predicted octanol–water partition coefficient (Wildman–Crippen LogP) is 6.58. The highest BCUT2D eigenvalue weighted by molar-refractivity contribution is 5.09. The molecule has 4 aliphatic rings. The lowest BCUT2D eigenvalue weighted by Gasteiger charge is -2.61. The lowest BCUT2D eigenvalue weighted by Crippen LogP contribution is -2.54. The molecule has 2 N–H and O–H groups in total. The minimum atomic E-state index is -0.512. The fourth-order valence-corrected chi connectivity index (χ4v) is 9.27. The maximum absolute atomic E-state index is 10.3. The Balaban J connectivity index is 1.44. The molecule has 4 aliphatic carbocycles. The zero-order valence-corrected chi connectivity index (χ0v) is 19.9. The molecule has 0 aromatic rings. The first-order valence-corrected chi connectivity index (χ1v) is 12.9. The Hall–Kier alpha value is -0.0800. The first-order valence-electron chi connectivity index (χ1n) is 12.9. The van der Waals surface area contributed by atoms with E-state index < -0.39 is 5.60 Å². The second kappa shape index (κ2) is 7.80. The number of aliphatic hydroxyl groups excluding tert-OH is 1. The lowest BCUT2D eigenvalue weighted by atomic mass is 9.44. The Morgan fingerprint density at radius 2 is 1.62 bits per heavy atom. The Morgan fingerprint density at radius 3 is 2.34 bits per heavy atom. The van der Waals surface area contributed by atoms with Crippen LogP contribution in [0.3, 0.4) is 0 Å². The van der Waals surface area contributed by atoms with Crippen molar-refractivity contribution < 1.29 is 10.2 Å². The van der Waals surface area contributed by atoms with Crippen LogP contribution < -0.4 is 0 Å². The van der Waals surface area contributed by atoms with Gasteiger partial charge in [-0.15, -0.1) is 0 Å². The third-order valence-electron chi connectivity index (χ3n) is 10.8. The second-order valence-electron chi connectivity index (χ2n) is 13.0. The Labute approximate surface area is 180 Å². The van der Waals surface area contributed by atoms with E-state index in [1.165, 1.54) is 51.4 Å². The summed E-state index contributed by atoms with van der Waals surface area (Å²) in [6.45, 7) is 11.7. The highest BCUT2D eigenvalue weighted by atomic mass is 16.3. The molecular formula is C27H48O2. The van der Waals surface area contributed by atoms with Crippen LogP contribution in [-0.2, 0) is 0 Å². The van der Waals surface area contributed by atoms with Gasteiger partial charge in [0, 0.05) is 0 Å². The molecule has 29 heavy (non-hydrogen) atoms. The predicted molar refractivity (Wildman–Crippen MR) is 121 cm³/mol. The number of hydrogen-bond donors (Lipinski definition) is 2. The van der Waals surface area contributed by atoms with E-state index in [4.69, 9.17) is 0 Å². The molecule has 0 radical (unpaired) electrons. The number of rotatable bonds is 5. The summed E-state index contributed by atoms with van der Waals surface area (Å²) in [6.07, 6.45) is 15.3. The van der Waals surface area contributed by atoms with Crippen molar-refractivity contribution in [2.45, 2.75) is 123 Å². The summed E-state index contributed by atoms with van der Waals surface area (Å²) >= 11 is 0. The van der Waals surface area contributed by atoms with Gasteiger partial charge < -0.3 is 10.2 Å². The molecule has 4 rings (SSSR count). The molecule has 0 heterocycles. The Kier molecular flexibility index (Phi) is 5.95. The number of aliphatic hydroxyl groups is 2. The highest BCUT2D eigenvalue weighted by Gasteiger charge is 2.60. The van der Waals surface area contributed by atoms with Crippen LogP contribution in [0.2, 0.25) is 0 Å². The fourth-order valence-electron chi connectivity index (χ4n) is 9.27. The van der Waals surface area contributed by atoms with E-state index in [0.29, 0.717) is 10.8 Å². The van der Waals surface area contributed by atoms with Crippen LogP contribution >= 0.6 is 0 Å². The summed E-state index contributed by atoms with van der Waals surface area (Å²) in [5.41, 5.74) is 0.536. The lowest BCUT2D eigenvalue weighted by molar-refractivity contribution is -0.129. The van der Waals surface area contributed by atoms with Gasteiger partial charge in [-0.1, -0.05) is 33.6 Å². The van der Waals surface area contributed by atoms with Crippen molar-refractivity contribution in [3.8, 4) is 0 Å². The van der Waals surface area contributed by atoms with Gasteiger partial charge in [0.1, 0.15) is 0 Å². The van der Waals surface area contributed by atoms with Gasteiger partial charge in [0.05, 0.1) is 11.7 Å². The fraction of sp³-hybridized carbons (Fsp3) is 1.00. The molecule has 2 nitrogen and oxygen atoms in total. The molecule has 0 aromatic heterocycles. The SMILES string of the molecule is C[C@H](CCCC(C)(C)O)[C@H]1CC[C@H]2[C@@H]3CC[C@@H]4C[C@H](O)CC[C@]4(C)[C@H]3CC[C@]12C. The summed E-state index contributed by atoms with van der Waals surface area (Å²) in [7, 11) is 0. The van der Waals surface area contributed by atoms with Crippen LogP contribution in [0, 0.1) is 46.3 Å². The van der Waals surface area contributed by atoms with Crippen LogP contribution in [-0.4, -0.2) is 21.9 Å². The molecule has 2 heteroatoms. The monoisotopic (exact) mass is 404 g/mol. The quantitative estimate of drug-likeness (QED) is 0.543. The van der Waals surface area contributed by atoms with E-state index in [9.17, 15) is 10.2 Å². The zero-order valence-electron chi connectivity index (χ0n) is 19.9. The molecule has 0 bridgehead atoms. The topological polar surface area (TPSA) is 40.5 Å². The van der Waals surface area contributed by atoms with Crippen molar-refractivity contribution in [3.05, 3.63) is 0 Å². The summed E-state index contributed by atoms with van der Waals surface area (Å²) < 4.78 is 0. The zero-order chi connectivity index (χ0) is 21.0. The molecule has 0 spiro atoms. The van der Waals surface area contributed by atoms with Crippen molar-refractivity contribution >= 4 is 0 Å². The van der Waals surface area contributed by atoms with Crippen molar-refractivity contribution in [1.82, 2.24) is 0 Å². The van der Waals surface area contributed by atoms with Crippen molar-refractivity contribution in [2.75, 3.05) is 0 Å². The normalized spacial score (nSPS) is 48.5. The second-order valence-corrected chi connectivity index (χ2v) is 13.0. The van der Waals surface area contributed by atoms with E-state index >= 15 is 0 Å². The van der Waals surface area contributed by atoms with Crippen LogP contribution in [0.1, 0.15) is 112 Å². The average molecular weight is 405 g/mol. The van der Waals surface area contributed by atoms with Gasteiger partial charge in [-0.3, -0.25) is 0 Å². The smallest absolute Gasteiger partial charge is 0.0591 e. The molecule has 0 amide bonds. The minimum Gasteiger partial charge on any atom is -0.393 e. The van der Waals surface area contributed by atoms with E-state index in [1.807, 2.05) is 13.8 Å². The molecule has 168 valence electrons. The third kappa shape index (κ3) is 3.95. The van der Waals surface area contributed by atoms with Gasteiger partial charge >= 0.3 is 0 Å². The van der Waals surface area contributed by atoms with Crippen LogP contribution in [0.25, 0.3) is 0 Å². The first-order chi connectivity index (χ1) is 13.5. The summed E-state index contributed by atoms with van der Waals surface area (Å²) in [4.78, 5) is 0. The molecule has 9 atom stereocenters. The van der Waals surface area contributed by atoms with Gasteiger partial charge in [0.2, 0.25) is 0 Å². The molecule has 4 saturated carbocycles. The van der Waals surface area contributed by atoms with Gasteiger partial charge in [-0.05, 0) is 124 Å². The summed E-state index contributed by atoms with van der Waals surface area (Å²) in [5.74, 6) is 5.24. The van der Waals surface area contributed by atoms with Gasteiger partial charge in [-0.2, -0.15) is 0 Å². The van der Waals surface area contributed by atoms with Crippen molar-refractivity contribution in [1.29, 1.82) is 0 Å². The van der Waals surface area contributed by atoms with Crippen molar-refractivity contribution in [3.63, 3.8) is 0 Å². The highest BCUT2D eigenvalue weighted by Crippen LogP contribution is 2.68. The molecule has 0 aromatic carbocycles. The molecule has 0 unspecified atom stereocenters. The van der Waals surface area contributed by atoms with Gasteiger partial charge in [0.15, 0.2) is 0 Å². The average Bonchev–Trinajstić information content (AvgIpc) is 2.98. The number of hydrogen-bond acceptors (Lipinski definition) is 2. The minimum absolute atomic E-state index is 0.0286. The Morgan fingerprint density at radius 1 is 0.931 bits per heavy atom. The number of fused-ring (bicyclic) bond motifs is 5. The van der Waals surface area contributed by atoms with E-state index in [0.717, 1.165) is 61.2 Å². The van der Waals surface area contributed by atoms with Crippen LogP contribution in [0.5, 0.6) is 0 Å². The molecule has 0 aliphatic heterocycles. The summed E-state index contributed by atoms with van der Waals surface area (Å²) in [5, 5.41) is 20.3. The Bertz CT molecular complexity index is 580. The third-order valence-corrected chi connectivity index (χ3v) is 10.8. The van der Waals surface area contributed by atoms with E-state index in [2.05, 4.69) is 20.8 Å². The van der Waals surface area contributed by atoms with Crippen LogP contribution in [0.15, 0.2) is 0 Å². The first kappa shape index (κ1) is 22.1. The maximum atomic E-state index is 10.3. The molecule has 4 fully saturated rings. The van der Waals surface area contributed by atoms with Crippen molar-refractivity contribution in [2.24, 2.45) is 46.3 Å². The van der Waals surface area contributed by atoms with Gasteiger partial charge in [-0.25, -0.2) is 0 Å². The molecule has 0 saturated heterocycles. The van der Waals surface area contributed by atoms with E-state index in [1.54, 1.807) is 0 Å². The van der Waals surface area contributed by atoms with Crippen LogP contribution in [0.4, 0.5) is 0 Å². The van der Waals surface area contributed by atoms with E-state index in [-0.39, 0.29) is 6.10 Å². The van der Waals surface area contributed by atoms with Gasteiger partial charge in [0.25, 0.3) is 0 Å². The molecular weight excluding hydrogens is 356 g/mol. The summed E-state index contributed by atoms with van der Waals surface area (Å²) in [6, 6.07) is 0.